The highest BCUT2D eigenvalue weighted by Gasteiger charge is 2.05. The summed E-state index contributed by atoms with van der Waals surface area (Å²) in [5, 5.41) is 0. The van der Waals surface area contributed by atoms with Gasteiger partial charge in [0.2, 0.25) is 0 Å². The van der Waals surface area contributed by atoms with Crippen molar-refractivity contribution < 1.29 is 0 Å². The van der Waals surface area contributed by atoms with Crippen LogP contribution in [0.2, 0.25) is 0 Å². The first-order valence-electron chi connectivity index (χ1n) is 7.79. The van der Waals surface area contributed by atoms with E-state index in [1.807, 2.05) is 48.7 Å². The van der Waals surface area contributed by atoms with Crippen molar-refractivity contribution in [1.82, 2.24) is 15.0 Å². The first kappa shape index (κ1) is 14.3. The van der Waals surface area contributed by atoms with Crippen molar-refractivity contribution >= 4 is 0 Å². The van der Waals surface area contributed by atoms with Crippen LogP contribution in [-0.2, 0) is 0 Å². The average molecular weight is 309 g/mol. The molecule has 114 valence electrons. The molecule has 0 aliphatic rings. The van der Waals surface area contributed by atoms with Crippen molar-refractivity contribution in [2.24, 2.45) is 0 Å². The second-order valence-electron chi connectivity index (χ2n) is 5.45. The van der Waals surface area contributed by atoms with Crippen LogP contribution in [0.5, 0.6) is 0 Å². The van der Waals surface area contributed by atoms with Crippen LogP contribution in [0.15, 0.2) is 91.4 Å². The van der Waals surface area contributed by atoms with E-state index in [-0.39, 0.29) is 0 Å². The second-order valence-corrected chi connectivity index (χ2v) is 5.45. The van der Waals surface area contributed by atoms with Crippen LogP contribution in [0, 0.1) is 0 Å². The van der Waals surface area contributed by atoms with E-state index in [0.717, 1.165) is 33.8 Å². The Morgan fingerprint density at radius 1 is 0.542 bits per heavy atom. The number of aromatic nitrogens is 3. The van der Waals surface area contributed by atoms with Crippen LogP contribution in [0.1, 0.15) is 0 Å². The number of benzene rings is 2. The maximum absolute atomic E-state index is 4.69. The normalized spacial score (nSPS) is 10.5. The third-order valence-electron chi connectivity index (χ3n) is 3.86. The van der Waals surface area contributed by atoms with Crippen LogP contribution in [-0.4, -0.2) is 15.0 Å². The van der Waals surface area contributed by atoms with E-state index >= 15 is 0 Å². The zero-order valence-corrected chi connectivity index (χ0v) is 13.0. The Balaban J connectivity index is 1.67. The smallest absolute Gasteiger partial charge is 0.159 e. The fraction of sp³-hybridized carbons (Fsp3) is 0. The minimum Gasteiger partial charge on any atom is -0.264 e. The van der Waals surface area contributed by atoms with Gasteiger partial charge < -0.3 is 0 Å². The molecule has 0 N–H and O–H groups in total. The molecule has 24 heavy (non-hydrogen) atoms. The Hall–Kier alpha value is -3.33. The summed E-state index contributed by atoms with van der Waals surface area (Å²) < 4.78 is 0. The molecule has 4 rings (SSSR count). The van der Waals surface area contributed by atoms with Crippen LogP contribution in [0.3, 0.4) is 0 Å². The van der Waals surface area contributed by atoms with Crippen molar-refractivity contribution in [2.75, 3.05) is 0 Å². The van der Waals surface area contributed by atoms with Crippen molar-refractivity contribution in [1.29, 1.82) is 0 Å². The summed E-state index contributed by atoms with van der Waals surface area (Å²) in [7, 11) is 0. The lowest BCUT2D eigenvalue weighted by Gasteiger charge is -2.06. The molecule has 0 spiro atoms. The van der Waals surface area contributed by atoms with Crippen molar-refractivity contribution in [2.45, 2.75) is 0 Å². The Bertz CT molecular complexity index is 933. The van der Waals surface area contributed by atoms with Crippen molar-refractivity contribution in [3.63, 3.8) is 0 Å². The summed E-state index contributed by atoms with van der Waals surface area (Å²) in [6, 6.07) is 24.3. The molecule has 0 atom stereocenters. The third kappa shape index (κ3) is 2.92. The van der Waals surface area contributed by atoms with Gasteiger partial charge in [-0.25, -0.2) is 9.97 Å². The monoisotopic (exact) mass is 309 g/mol. The van der Waals surface area contributed by atoms with E-state index < -0.39 is 0 Å². The first-order valence-corrected chi connectivity index (χ1v) is 7.79. The van der Waals surface area contributed by atoms with Gasteiger partial charge in [0.25, 0.3) is 0 Å². The summed E-state index contributed by atoms with van der Waals surface area (Å²) in [5.41, 5.74) is 5.26. The summed E-state index contributed by atoms with van der Waals surface area (Å²) in [5.74, 6) is 0.740. The highest BCUT2D eigenvalue weighted by atomic mass is 14.9. The zero-order valence-electron chi connectivity index (χ0n) is 13.0. The number of hydrogen-bond donors (Lipinski definition) is 0. The van der Waals surface area contributed by atoms with Gasteiger partial charge in [0.1, 0.15) is 0 Å². The Labute approximate surface area is 140 Å². The topological polar surface area (TPSA) is 38.7 Å². The molecule has 0 saturated carbocycles. The maximum atomic E-state index is 4.69. The molecule has 0 aliphatic heterocycles. The van der Waals surface area contributed by atoms with Gasteiger partial charge in [-0.3, -0.25) is 4.98 Å². The van der Waals surface area contributed by atoms with E-state index in [1.54, 1.807) is 12.4 Å². The molecule has 2 aromatic heterocycles. The predicted octanol–water partition coefficient (Wildman–Crippen LogP) is 4.87. The second kappa shape index (κ2) is 6.42. The summed E-state index contributed by atoms with van der Waals surface area (Å²) in [6.45, 7) is 0. The lowest BCUT2D eigenvalue weighted by atomic mass is 10.0. The number of hydrogen-bond acceptors (Lipinski definition) is 3. The maximum Gasteiger partial charge on any atom is 0.159 e. The Morgan fingerprint density at radius 2 is 1.29 bits per heavy atom. The lowest BCUT2D eigenvalue weighted by Crippen LogP contribution is -1.91. The first-order chi connectivity index (χ1) is 11.9. The standard InChI is InChI=1S/C21H15N3/c1-2-5-18(6-3-1)21-23-14-12-20(24-21)17-10-8-16(9-11-17)19-7-4-13-22-15-19/h1-15H. The van der Waals surface area contributed by atoms with E-state index in [0.29, 0.717) is 0 Å². The molecule has 0 unspecified atom stereocenters. The molecule has 3 heteroatoms. The summed E-state index contributed by atoms with van der Waals surface area (Å²) in [4.78, 5) is 13.2. The largest absolute Gasteiger partial charge is 0.264 e. The van der Waals surface area contributed by atoms with Crippen LogP contribution < -0.4 is 0 Å². The molecule has 0 radical (unpaired) electrons. The van der Waals surface area contributed by atoms with E-state index in [9.17, 15) is 0 Å². The summed E-state index contributed by atoms with van der Waals surface area (Å²) in [6.07, 6.45) is 5.46. The molecule has 0 saturated heterocycles. The van der Waals surface area contributed by atoms with Gasteiger partial charge in [0, 0.05) is 29.7 Å². The minimum absolute atomic E-state index is 0.740. The molecule has 0 bridgehead atoms. The highest BCUT2D eigenvalue weighted by Crippen LogP contribution is 2.24. The highest BCUT2D eigenvalue weighted by molar-refractivity contribution is 5.69. The molecule has 0 fully saturated rings. The van der Waals surface area contributed by atoms with Gasteiger partial charge >= 0.3 is 0 Å². The van der Waals surface area contributed by atoms with E-state index in [2.05, 4.69) is 40.3 Å². The van der Waals surface area contributed by atoms with Gasteiger partial charge in [-0.15, -0.1) is 0 Å². The lowest BCUT2D eigenvalue weighted by molar-refractivity contribution is 1.18. The van der Waals surface area contributed by atoms with Crippen LogP contribution in [0.25, 0.3) is 33.8 Å². The van der Waals surface area contributed by atoms with Gasteiger partial charge in [0.05, 0.1) is 5.69 Å². The van der Waals surface area contributed by atoms with Gasteiger partial charge in [0.15, 0.2) is 5.82 Å². The van der Waals surface area contributed by atoms with E-state index in [1.165, 1.54) is 0 Å². The van der Waals surface area contributed by atoms with Crippen molar-refractivity contribution in [3.8, 4) is 33.8 Å². The fourth-order valence-corrected chi connectivity index (χ4v) is 2.61. The Morgan fingerprint density at radius 3 is 2.04 bits per heavy atom. The molecule has 0 aliphatic carbocycles. The molecule has 3 nitrogen and oxygen atoms in total. The molecule has 2 aromatic carbocycles. The number of pyridine rings is 1. The quantitative estimate of drug-likeness (QED) is 0.542. The third-order valence-corrected chi connectivity index (χ3v) is 3.86. The average Bonchev–Trinajstić information content (AvgIpc) is 2.70. The minimum atomic E-state index is 0.740. The summed E-state index contributed by atoms with van der Waals surface area (Å²) >= 11 is 0. The molecular formula is C21H15N3. The van der Waals surface area contributed by atoms with Crippen LogP contribution >= 0.6 is 0 Å². The van der Waals surface area contributed by atoms with E-state index in [4.69, 9.17) is 4.98 Å². The number of nitrogens with zero attached hydrogens (tertiary/aromatic N) is 3. The molecule has 0 amide bonds. The van der Waals surface area contributed by atoms with Crippen molar-refractivity contribution in [3.05, 3.63) is 91.4 Å². The number of rotatable bonds is 3. The predicted molar refractivity (Wildman–Crippen MR) is 96.1 cm³/mol. The molecular weight excluding hydrogens is 294 g/mol. The molecule has 2 heterocycles. The van der Waals surface area contributed by atoms with Gasteiger partial charge in [-0.1, -0.05) is 60.7 Å². The van der Waals surface area contributed by atoms with Gasteiger partial charge in [-0.2, -0.15) is 0 Å². The molecule has 4 aromatic rings. The SMILES string of the molecule is c1ccc(-c2nccc(-c3ccc(-c4cccnc4)cc3)n2)cc1. The Kier molecular flexibility index (Phi) is 3.82. The van der Waals surface area contributed by atoms with Gasteiger partial charge in [-0.05, 0) is 23.3 Å². The zero-order chi connectivity index (χ0) is 16.2. The van der Waals surface area contributed by atoms with Crippen LogP contribution in [0.4, 0.5) is 0 Å². The fourth-order valence-electron chi connectivity index (χ4n) is 2.61.